The van der Waals surface area contributed by atoms with Crippen molar-refractivity contribution in [2.75, 3.05) is 27.9 Å². The number of hydrogen-bond donors (Lipinski definition) is 2. The number of rotatable bonds is 8. The van der Waals surface area contributed by atoms with E-state index in [1.54, 1.807) is 33.5 Å². The van der Waals surface area contributed by atoms with E-state index in [9.17, 15) is 9.18 Å². The fraction of sp³-hybridized carbons (Fsp3) is 0.400. The molecule has 4 rings (SSSR count). The quantitative estimate of drug-likeness (QED) is 0.458. The summed E-state index contributed by atoms with van der Waals surface area (Å²) in [5.74, 6) is 1.20. The van der Waals surface area contributed by atoms with E-state index in [4.69, 9.17) is 15.2 Å². The van der Waals surface area contributed by atoms with Gasteiger partial charge >= 0.3 is 0 Å². The Morgan fingerprint density at radius 2 is 1.89 bits per heavy atom. The van der Waals surface area contributed by atoms with Gasteiger partial charge in [0.1, 0.15) is 23.6 Å². The summed E-state index contributed by atoms with van der Waals surface area (Å²) >= 11 is 0. The largest absolute Gasteiger partial charge is 0.497 e. The Kier molecular flexibility index (Phi) is 10.6. The highest BCUT2D eigenvalue weighted by atomic mass is 19.1. The van der Waals surface area contributed by atoms with Crippen molar-refractivity contribution in [1.29, 1.82) is 0 Å². The van der Waals surface area contributed by atoms with Gasteiger partial charge < -0.3 is 30.1 Å². The predicted molar refractivity (Wildman–Crippen MR) is 149 cm³/mol. The standard InChI is InChI=1S/C27H30FN3O3.C3H8O/c1-33-24-10-3-18(26(12-24)34-2)16-30-23-7-4-20-11-25(31-22-8-5-21(28)6-9-22)19(15-29)13-27(20,14-23)17-32;1-3-4-2/h3,5-6,8-12,15,17,23,30H,4,7,13-14,16,29H2,1-2H3;3H2,1-2H3/b19-15-,31-25?;. The molecule has 1 saturated carbocycles. The minimum absolute atomic E-state index is 0.170. The summed E-state index contributed by atoms with van der Waals surface area (Å²) in [5.41, 5.74) is 9.65. The summed E-state index contributed by atoms with van der Waals surface area (Å²) in [6.07, 6.45) is 7.47. The zero-order valence-electron chi connectivity index (χ0n) is 22.6. The zero-order valence-corrected chi connectivity index (χ0v) is 22.6. The first-order valence-corrected chi connectivity index (χ1v) is 12.8. The van der Waals surface area contributed by atoms with E-state index in [2.05, 4.69) is 15.0 Å². The van der Waals surface area contributed by atoms with Gasteiger partial charge in [0.05, 0.1) is 31.0 Å². The topological polar surface area (TPSA) is 95.2 Å². The highest BCUT2D eigenvalue weighted by molar-refractivity contribution is 6.12. The molecule has 0 bridgehead atoms. The van der Waals surface area contributed by atoms with Crippen molar-refractivity contribution in [3.8, 4) is 11.5 Å². The third kappa shape index (κ3) is 7.08. The van der Waals surface area contributed by atoms with Gasteiger partial charge in [0.25, 0.3) is 0 Å². The molecule has 3 N–H and O–H groups in total. The molecule has 2 atom stereocenters. The van der Waals surface area contributed by atoms with Crippen LogP contribution in [0.2, 0.25) is 0 Å². The number of ether oxygens (including phenoxy) is 3. The number of allylic oxidation sites excluding steroid dienone is 3. The maximum absolute atomic E-state index is 13.3. The van der Waals surface area contributed by atoms with Gasteiger partial charge in [-0.25, -0.2) is 9.38 Å². The average Bonchev–Trinajstić information content (AvgIpc) is 2.96. The van der Waals surface area contributed by atoms with Gasteiger partial charge in [-0.2, -0.15) is 0 Å². The Hall–Kier alpha value is -3.49. The lowest BCUT2D eigenvalue weighted by Crippen LogP contribution is -2.44. The monoisotopic (exact) mass is 523 g/mol. The van der Waals surface area contributed by atoms with Crippen LogP contribution in [0.3, 0.4) is 0 Å². The van der Waals surface area contributed by atoms with Crippen molar-refractivity contribution >= 4 is 17.7 Å². The number of nitrogens with one attached hydrogen (secondary N) is 1. The van der Waals surface area contributed by atoms with Crippen molar-refractivity contribution in [2.45, 2.75) is 45.2 Å². The zero-order chi connectivity index (χ0) is 27.5. The van der Waals surface area contributed by atoms with Crippen LogP contribution in [0.15, 0.2) is 70.9 Å². The number of aldehydes is 1. The Morgan fingerprint density at radius 3 is 2.50 bits per heavy atom. The first kappa shape index (κ1) is 29.1. The van der Waals surface area contributed by atoms with E-state index in [1.165, 1.54) is 18.3 Å². The minimum Gasteiger partial charge on any atom is -0.497 e. The lowest BCUT2D eigenvalue weighted by Gasteiger charge is -2.42. The molecule has 2 aliphatic rings. The highest BCUT2D eigenvalue weighted by Gasteiger charge is 2.43. The Morgan fingerprint density at radius 1 is 1.16 bits per heavy atom. The molecule has 0 aromatic heterocycles. The maximum Gasteiger partial charge on any atom is 0.130 e. The molecule has 8 heteroatoms. The lowest BCUT2D eigenvalue weighted by molar-refractivity contribution is -0.115. The number of aliphatic imine (C=N–C) groups is 1. The van der Waals surface area contributed by atoms with Crippen molar-refractivity contribution in [2.24, 2.45) is 16.1 Å². The van der Waals surface area contributed by atoms with Gasteiger partial charge in [-0.15, -0.1) is 0 Å². The molecule has 1 fully saturated rings. The normalized spacial score (nSPS) is 22.7. The molecular formula is C30H38FN3O4. The SMILES string of the molecule is CCOC.COc1ccc(CNC2CCC3=CC(=Nc4ccc(F)cc4)/C(=C\N)CC3(C=O)C2)c(OC)c1. The van der Waals surface area contributed by atoms with Crippen LogP contribution in [0.4, 0.5) is 10.1 Å². The van der Waals surface area contributed by atoms with Crippen LogP contribution in [0.1, 0.15) is 38.2 Å². The smallest absolute Gasteiger partial charge is 0.130 e. The first-order valence-electron chi connectivity index (χ1n) is 12.8. The van der Waals surface area contributed by atoms with Crippen LogP contribution in [0.25, 0.3) is 0 Å². The number of halogens is 1. The number of carbonyl (C=O) groups is 1. The summed E-state index contributed by atoms with van der Waals surface area (Å²) < 4.78 is 28.6. The van der Waals surface area contributed by atoms with Gasteiger partial charge in [-0.1, -0.05) is 11.6 Å². The van der Waals surface area contributed by atoms with E-state index in [0.717, 1.165) is 59.7 Å². The summed E-state index contributed by atoms with van der Waals surface area (Å²) in [7, 11) is 4.95. The Bertz CT molecular complexity index is 1170. The van der Waals surface area contributed by atoms with E-state index < -0.39 is 5.41 Å². The molecule has 38 heavy (non-hydrogen) atoms. The lowest BCUT2D eigenvalue weighted by atomic mass is 9.63. The Balaban J connectivity index is 0.000000934. The summed E-state index contributed by atoms with van der Waals surface area (Å²) in [6.45, 7) is 3.41. The van der Waals surface area contributed by atoms with Crippen molar-refractivity contribution in [3.63, 3.8) is 0 Å². The van der Waals surface area contributed by atoms with Crippen molar-refractivity contribution in [3.05, 3.63) is 77.3 Å². The van der Waals surface area contributed by atoms with Crippen LogP contribution in [-0.2, 0) is 16.1 Å². The third-order valence-electron chi connectivity index (χ3n) is 7.03. The van der Waals surface area contributed by atoms with E-state index >= 15 is 0 Å². The van der Waals surface area contributed by atoms with Gasteiger partial charge in [0.2, 0.25) is 0 Å². The number of carbonyl (C=O) groups excluding carboxylic acids is 1. The number of methoxy groups -OCH3 is 3. The van der Waals surface area contributed by atoms with E-state index in [0.29, 0.717) is 25.1 Å². The maximum atomic E-state index is 13.3. The second kappa shape index (κ2) is 13.9. The number of fused-ring (bicyclic) bond motifs is 1. The molecule has 2 aromatic rings. The first-order chi connectivity index (χ1) is 18.4. The van der Waals surface area contributed by atoms with E-state index in [1.807, 2.05) is 31.2 Å². The Labute approximate surface area is 224 Å². The molecule has 0 saturated heterocycles. The predicted octanol–water partition coefficient (Wildman–Crippen LogP) is 5.27. The molecule has 2 aliphatic carbocycles. The molecule has 0 amide bonds. The molecule has 2 unspecified atom stereocenters. The van der Waals surface area contributed by atoms with Crippen LogP contribution in [0, 0.1) is 11.2 Å². The molecule has 0 aliphatic heterocycles. The summed E-state index contributed by atoms with van der Waals surface area (Å²) in [4.78, 5) is 17.1. The van der Waals surface area contributed by atoms with Crippen molar-refractivity contribution in [1.82, 2.24) is 5.32 Å². The molecule has 7 nitrogen and oxygen atoms in total. The highest BCUT2D eigenvalue weighted by Crippen LogP contribution is 2.47. The van der Waals surface area contributed by atoms with Gasteiger partial charge in [0, 0.05) is 37.9 Å². The van der Waals surface area contributed by atoms with Crippen molar-refractivity contribution < 1.29 is 23.4 Å². The second-order valence-corrected chi connectivity index (χ2v) is 9.36. The van der Waals surface area contributed by atoms with Crippen LogP contribution in [0.5, 0.6) is 11.5 Å². The minimum atomic E-state index is -0.604. The van der Waals surface area contributed by atoms with Crippen LogP contribution >= 0.6 is 0 Å². The fourth-order valence-electron chi connectivity index (χ4n) is 4.84. The molecule has 0 spiro atoms. The number of hydrogen-bond acceptors (Lipinski definition) is 7. The second-order valence-electron chi connectivity index (χ2n) is 9.36. The molecule has 2 aromatic carbocycles. The van der Waals surface area contributed by atoms with E-state index in [-0.39, 0.29) is 11.9 Å². The summed E-state index contributed by atoms with van der Waals surface area (Å²) in [5, 5.41) is 3.61. The molecule has 0 heterocycles. The fourth-order valence-corrected chi connectivity index (χ4v) is 4.84. The van der Waals surface area contributed by atoms with Crippen LogP contribution in [-0.4, -0.2) is 46.0 Å². The number of nitrogens with zero attached hydrogens (tertiary/aromatic N) is 1. The number of benzene rings is 2. The average molecular weight is 524 g/mol. The van der Waals surface area contributed by atoms with Crippen LogP contribution < -0.4 is 20.5 Å². The van der Waals surface area contributed by atoms with Gasteiger partial charge in [-0.3, -0.25) is 0 Å². The number of nitrogens with two attached hydrogens (primary N) is 1. The molecule has 0 radical (unpaired) electrons. The molecule has 204 valence electrons. The molecular weight excluding hydrogens is 485 g/mol. The third-order valence-corrected chi connectivity index (χ3v) is 7.03. The van der Waals surface area contributed by atoms with Gasteiger partial charge in [0.15, 0.2) is 0 Å². The summed E-state index contributed by atoms with van der Waals surface area (Å²) in [6, 6.07) is 12.0. The van der Waals surface area contributed by atoms with Gasteiger partial charge in [-0.05, 0) is 80.8 Å².